The maximum atomic E-state index is 12.8. The number of hydrogen-bond donors (Lipinski definition) is 0. The fourth-order valence-corrected chi connectivity index (χ4v) is 2.73. The largest absolute Gasteiger partial charge is 0.477 e. The Balaban J connectivity index is 1.71. The Hall–Kier alpha value is -2.51. The van der Waals surface area contributed by atoms with E-state index in [1.54, 1.807) is 12.1 Å². The quantitative estimate of drug-likeness (QED) is 0.721. The second kappa shape index (κ2) is 7.39. The first-order valence-corrected chi connectivity index (χ1v) is 8.37. The van der Waals surface area contributed by atoms with Gasteiger partial charge in [0.25, 0.3) is 0 Å². The van der Waals surface area contributed by atoms with Crippen LogP contribution in [0.15, 0.2) is 30.4 Å². The molecule has 2 aromatic heterocycles. The molecule has 5 nitrogen and oxygen atoms in total. The van der Waals surface area contributed by atoms with Crippen LogP contribution in [0.25, 0.3) is 0 Å². The number of rotatable bonds is 5. The monoisotopic (exact) mass is 367 g/mol. The summed E-state index contributed by atoms with van der Waals surface area (Å²) < 4.78 is 50.6. The number of alkyl halides is 3. The van der Waals surface area contributed by atoms with Crippen molar-refractivity contribution in [2.45, 2.75) is 32.4 Å². The van der Waals surface area contributed by atoms with Crippen molar-refractivity contribution in [3.63, 3.8) is 0 Å². The lowest BCUT2D eigenvalue weighted by molar-refractivity contribution is -0.141. The first-order valence-electron chi connectivity index (χ1n) is 8.37. The van der Waals surface area contributed by atoms with Crippen molar-refractivity contribution in [3.05, 3.63) is 41.6 Å². The second-order valence-electron chi connectivity index (χ2n) is 6.37. The number of aryl methyl sites for hydroxylation is 2. The van der Waals surface area contributed by atoms with Crippen LogP contribution in [0.2, 0.25) is 0 Å². The molecule has 26 heavy (non-hydrogen) atoms. The Labute approximate surface area is 149 Å². The van der Waals surface area contributed by atoms with Gasteiger partial charge >= 0.3 is 6.18 Å². The predicted octanol–water partition coefficient (Wildman–Crippen LogP) is 4.67. The summed E-state index contributed by atoms with van der Waals surface area (Å²) in [7, 11) is 1.38. The molecule has 0 fully saturated rings. The van der Waals surface area contributed by atoms with Crippen LogP contribution in [0.1, 0.15) is 30.5 Å². The van der Waals surface area contributed by atoms with Crippen molar-refractivity contribution in [1.29, 1.82) is 0 Å². The van der Waals surface area contributed by atoms with Gasteiger partial charge in [0.1, 0.15) is 0 Å². The van der Waals surface area contributed by atoms with Gasteiger partial charge in [0.15, 0.2) is 5.69 Å². The van der Waals surface area contributed by atoms with Crippen LogP contribution in [-0.4, -0.2) is 21.4 Å². The number of nitrogens with zero attached hydrogens (tertiary/aromatic N) is 3. The summed E-state index contributed by atoms with van der Waals surface area (Å²) in [6.45, 7) is 2.39. The van der Waals surface area contributed by atoms with Crippen molar-refractivity contribution >= 4 is 0 Å². The van der Waals surface area contributed by atoms with Crippen LogP contribution >= 0.6 is 0 Å². The zero-order valence-electron chi connectivity index (χ0n) is 14.6. The van der Waals surface area contributed by atoms with E-state index in [4.69, 9.17) is 9.47 Å². The van der Waals surface area contributed by atoms with E-state index in [9.17, 15) is 13.2 Å². The molecule has 1 aliphatic carbocycles. The molecule has 0 spiro atoms. The molecule has 0 bridgehead atoms. The third-order valence-corrected chi connectivity index (χ3v) is 4.10. The topological polar surface area (TPSA) is 49.2 Å². The molecule has 0 saturated heterocycles. The molecule has 0 radical (unpaired) electrons. The number of hydrogen-bond acceptors (Lipinski definition) is 4. The van der Waals surface area contributed by atoms with Gasteiger partial charge in [-0.05, 0) is 37.7 Å². The zero-order chi connectivity index (χ0) is 18.7. The molecule has 0 aliphatic heterocycles. The van der Waals surface area contributed by atoms with Gasteiger partial charge in [-0.2, -0.15) is 23.3 Å². The number of pyridine rings is 1. The number of ether oxygens (including phenoxy) is 2. The van der Waals surface area contributed by atoms with Crippen molar-refractivity contribution in [2.75, 3.05) is 6.61 Å². The first-order chi connectivity index (χ1) is 12.3. The molecule has 0 aromatic carbocycles. The van der Waals surface area contributed by atoms with Gasteiger partial charge in [-0.25, -0.2) is 4.68 Å². The molecule has 2 aromatic rings. The van der Waals surface area contributed by atoms with Crippen LogP contribution in [0.4, 0.5) is 13.2 Å². The van der Waals surface area contributed by atoms with E-state index in [1.807, 2.05) is 6.92 Å². The van der Waals surface area contributed by atoms with Crippen molar-refractivity contribution in [3.8, 4) is 17.6 Å². The Bertz CT molecular complexity index is 799. The smallest absolute Gasteiger partial charge is 0.435 e. The molecule has 8 heteroatoms. The van der Waals surface area contributed by atoms with E-state index in [0.717, 1.165) is 35.6 Å². The van der Waals surface area contributed by atoms with Crippen molar-refractivity contribution in [1.82, 2.24) is 14.8 Å². The standard InChI is InChI=1S/C18H20F3N3O2/c1-12-8-15(25-11-13-6-4-3-5-7-13)22-16(9-12)26-17-10-14(18(19,20)21)23-24(17)2/h3-4,8-10,13H,5-7,11H2,1-2H3. The van der Waals surface area contributed by atoms with Crippen LogP contribution in [0.5, 0.6) is 17.6 Å². The lowest BCUT2D eigenvalue weighted by Gasteiger charge is -2.18. The molecule has 0 N–H and O–H groups in total. The molecular formula is C18H20F3N3O2. The zero-order valence-corrected chi connectivity index (χ0v) is 14.6. The van der Waals surface area contributed by atoms with Gasteiger partial charge in [-0.1, -0.05) is 12.2 Å². The fraction of sp³-hybridized carbons (Fsp3) is 0.444. The van der Waals surface area contributed by atoms with Crippen LogP contribution in [0.3, 0.4) is 0 Å². The van der Waals surface area contributed by atoms with E-state index in [1.165, 1.54) is 7.05 Å². The third kappa shape index (κ3) is 4.56. The van der Waals surface area contributed by atoms with E-state index in [2.05, 4.69) is 22.2 Å². The minimum atomic E-state index is -4.53. The van der Waals surface area contributed by atoms with E-state index in [-0.39, 0.29) is 11.8 Å². The van der Waals surface area contributed by atoms with Gasteiger partial charge < -0.3 is 9.47 Å². The molecule has 2 heterocycles. The highest BCUT2D eigenvalue weighted by Crippen LogP contribution is 2.32. The number of allylic oxidation sites excluding steroid dienone is 2. The molecule has 0 saturated carbocycles. The van der Waals surface area contributed by atoms with E-state index in [0.29, 0.717) is 18.4 Å². The summed E-state index contributed by atoms with van der Waals surface area (Å²) in [6, 6.07) is 4.26. The van der Waals surface area contributed by atoms with Crippen LogP contribution in [-0.2, 0) is 13.2 Å². The van der Waals surface area contributed by atoms with Crippen molar-refractivity contribution < 1.29 is 22.6 Å². The molecular weight excluding hydrogens is 347 g/mol. The Morgan fingerprint density at radius 3 is 2.62 bits per heavy atom. The molecule has 1 aliphatic rings. The Morgan fingerprint density at radius 1 is 1.19 bits per heavy atom. The van der Waals surface area contributed by atoms with Crippen LogP contribution in [0, 0.1) is 12.8 Å². The number of aromatic nitrogens is 3. The van der Waals surface area contributed by atoms with Crippen molar-refractivity contribution in [2.24, 2.45) is 13.0 Å². The number of halogens is 3. The van der Waals surface area contributed by atoms with E-state index >= 15 is 0 Å². The Kier molecular flexibility index (Phi) is 5.20. The summed E-state index contributed by atoms with van der Waals surface area (Å²) in [4.78, 5) is 4.24. The SMILES string of the molecule is Cc1cc(OCC2CC=CCC2)nc(Oc2cc(C(F)(F)F)nn2C)c1. The van der Waals surface area contributed by atoms with Crippen LogP contribution < -0.4 is 9.47 Å². The molecule has 1 atom stereocenters. The highest BCUT2D eigenvalue weighted by atomic mass is 19.4. The minimum absolute atomic E-state index is 0.0428. The molecule has 1 unspecified atom stereocenters. The maximum Gasteiger partial charge on any atom is 0.435 e. The lowest BCUT2D eigenvalue weighted by Crippen LogP contribution is -2.13. The van der Waals surface area contributed by atoms with Gasteiger partial charge in [0.2, 0.25) is 17.6 Å². The second-order valence-corrected chi connectivity index (χ2v) is 6.37. The maximum absolute atomic E-state index is 12.8. The summed E-state index contributed by atoms with van der Waals surface area (Å²) in [5.41, 5.74) is -0.170. The van der Waals surface area contributed by atoms with E-state index < -0.39 is 11.9 Å². The van der Waals surface area contributed by atoms with Gasteiger partial charge in [-0.3, -0.25) is 0 Å². The summed E-state index contributed by atoms with van der Waals surface area (Å²) in [5.74, 6) is 0.963. The predicted molar refractivity (Wildman–Crippen MR) is 89.2 cm³/mol. The highest BCUT2D eigenvalue weighted by Gasteiger charge is 2.35. The fourth-order valence-electron chi connectivity index (χ4n) is 2.73. The third-order valence-electron chi connectivity index (χ3n) is 4.10. The first kappa shape index (κ1) is 18.3. The Morgan fingerprint density at radius 2 is 1.96 bits per heavy atom. The molecule has 140 valence electrons. The molecule has 0 amide bonds. The van der Waals surface area contributed by atoms with Gasteiger partial charge in [-0.15, -0.1) is 0 Å². The normalized spacial score (nSPS) is 17.3. The minimum Gasteiger partial charge on any atom is -0.477 e. The summed E-state index contributed by atoms with van der Waals surface area (Å²) in [6.07, 6.45) is 2.88. The van der Waals surface area contributed by atoms with Gasteiger partial charge in [0.05, 0.1) is 6.61 Å². The van der Waals surface area contributed by atoms with Gasteiger partial charge in [0, 0.05) is 25.2 Å². The highest BCUT2D eigenvalue weighted by molar-refractivity contribution is 5.30. The summed E-state index contributed by atoms with van der Waals surface area (Å²) in [5, 5.41) is 3.42. The average Bonchev–Trinajstić information content (AvgIpc) is 2.95. The summed E-state index contributed by atoms with van der Waals surface area (Å²) >= 11 is 0. The molecule has 3 rings (SSSR count). The average molecular weight is 367 g/mol. The lowest BCUT2D eigenvalue weighted by atomic mass is 9.95.